The standard InChI is InChI=1S/C12H11N3O/c13-15-11-7-6-10(8-12(11)16)14-9-4-2-1-3-5-9/h1-8,13-14,16H. The average Bonchev–Trinajstić information content (AvgIpc) is 2.31. The van der Waals surface area contributed by atoms with Gasteiger partial charge < -0.3 is 10.4 Å². The number of anilines is 2. The van der Waals surface area contributed by atoms with Gasteiger partial charge in [-0.25, -0.2) is 5.53 Å². The fourth-order valence-electron chi connectivity index (χ4n) is 1.38. The van der Waals surface area contributed by atoms with Gasteiger partial charge in [-0.3, -0.25) is 0 Å². The van der Waals surface area contributed by atoms with Crippen LogP contribution in [0.25, 0.3) is 0 Å². The summed E-state index contributed by atoms with van der Waals surface area (Å²) in [7, 11) is 0. The van der Waals surface area contributed by atoms with E-state index in [4.69, 9.17) is 5.53 Å². The molecule has 4 heteroatoms. The molecule has 0 atom stereocenters. The van der Waals surface area contributed by atoms with Crippen LogP contribution >= 0.6 is 0 Å². The lowest BCUT2D eigenvalue weighted by Crippen LogP contribution is -1.88. The smallest absolute Gasteiger partial charge is 0.145 e. The van der Waals surface area contributed by atoms with E-state index in [1.54, 1.807) is 18.2 Å². The molecular formula is C12H11N3O. The van der Waals surface area contributed by atoms with Gasteiger partial charge in [0.1, 0.15) is 11.4 Å². The summed E-state index contributed by atoms with van der Waals surface area (Å²) in [4.78, 5) is 0. The first-order valence-electron chi connectivity index (χ1n) is 4.82. The second-order valence-electron chi connectivity index (χ2n) is 3.31. The SMILES string of the molecule is N=Nc1ccc(Nc2ccccc2)cc1O. The van der Waals surface area contributed by atoms with Gasteiger partial charge in [-0.05, 0) is 24.3 Å². The van der Waals surface area contributed by atoms with Crippen molar-refractivity contribution in [2.45, 2.75) is 0 Å². The van der Waals surface area contributed by atoms with E-state index in [1.807, 2.05) is 30.3 Å². The van der Waals surface area contributed by atoms with E-state index >= 15 is 0 Å². The van der Waals surface area contributed by atoms with E-state index in [-0.39, 0.29) is 11.4 Å². The van der Waals surface area contributed by atoms with Gasteiger partial charge in [-0.15, -0.1) is 0 Å². The van der Waals surface area contributed by atoms with Crippen LogP contribution in [-0.4, -0.2) is 5.11 Å². The molecule has 0 spiro atoms. The lowest BCUT2D eigenvalue weighted by molar-refractivity contribution is 0.476. The Labute approximate surface area is 93.1 Å². The van der Waals surface area contributed by atoms with Crippen molar-refractivity contribution in [2.75, 3.05) is 5.32 Å². The van der Waals surface area contributed by atoms with Crippen molar-refractivity contribution in [1.29, 1.82) is 5.53 Å². The number of phenols is 1. The highest BCUT2D eigenvalue weighted by atomic mass is 16.3. The number of hydrogen-bond acceptors (Lipinski definition) is 4. The lowest BCUT2D eigenvalue weighted by atomic mass is 10.2. The highest BCUT2D eigenvalue weighted by Crippen LogP contribution is 2.30. The monoisotopic (exact) mass is 213 g/mol. The predicted molar refractivity (Wildman–Crippen MR) is 62.6 cm³/mol. The molecule has 80 valence electrons. The average molecular weight is 213 g/mol. The first kappa shape index (κ1) is 10.2. The van der Waals surface area contributed by atoms with E-state index in [9.17, 15) is 5.11 Å². The predicted octanol–water partition coefficient (Wildman–Crippen LogP) is 3.80. The molecule has 4 nitrogen and oxygen atoms in total. The minimum absolute atomic E-state index is 0.00377. The van der Waals surface area contributed by atoms with Crippen LogP contribution < -0.4 is 5.32 Å². The molecule has 0 saturated heterocycles. The quantitative estimate of drug-likeness (QED) is 0.679. The van der Waals surface area contributed by atoms with Crippen LogP contribution in [0.3, 0.4) is 0 Å². The van der Waals surface area contributed by atoms with Gasteiger partial charge in [0.05, 0.1) is 0 Å². The van der Waals surface area contributed by atoms with Gasteiger partial charge in [-0.2, -0.15) is 5.11 Å². The summed E-state index contributed by atoms with van der Waals surface area (Å²) in [5.41, 5.74) is 8.79. The maximum Gasteiger partial charge on any atom is 0.145 e. The molecule has 0 bridgehead atoms. The van der Waals surface area contributed by atoms with Crippen molar-refractivity contribution in [3.63, 3.8) is 0 Å². The minimum atomic E-state index is -0.00377. The molecule has 0 aliphatic rings. The number of para-hydroxylation sites is 1. The molecule has 2 rings (SSSR count). The van der Waals surface area contributed by atoms with E-state index in [1.165, 1.54) is 0 Å². The molecule has 0 heterocycles. The van der Waals surface area contributed by atoms with E-state index in [2.05, 4.69) is 10.4 Å². The third-order valence-corrected chi connectivity index (χ3v) is 2.16. The van der Waals surface area contributed by atoms with Gasteiger partial charge >= 0.3 is 0 Å². The van der Waals surface area contributed by atoms with Crippen LogP contribution in [-0.2, 0) is 0 Å². The zero-order chi connectivity index (χ0) is 11.4. The van der Waals surface area contributed by atoms with Crippen LogP contribution in [0.2, 0.25) is 0 Å². The summed E-state index contributed by atoms with van der Waals surface area (Å²) in [5.74, 6) is -0.00377. The lowest BCUT2D eigenvalue weighted by Gasteiger charge is -2.07. The normalized spacial score (nSPS) is 9.75. The Hall–Kier alpha value is -2.36. The summed E-state index contributed by atoms with van der Waals surface area (Å²) in [6, 6.07) is 14.5. The summed E-state index contributed by atoms with van der Waals surface area (Å²) in [5, 5.41) is 15.8. The van der Waals surface area contributed by atoms with Crippen LogP contribution in [0.15, 0.2) is 53.6 Å². The third-order valence-electron chi connectivity index (χ3n) is 2.16. The Morgan fingerprint density at radius 2 is 1.75 bits per heavy atom. The minimum Gasteiger partial charge on any atom is -0.506 e. The van der Waals surface area contributed by atoms with Crippen molar-refractivity contribution in [1.82, 2.24) is 0 Å². The second kappa shape index (κ2) is 4.44. The van der Waals surface area contributed by atoms with Gasteiger partial charge in [-0.1, -0.05) is 18.2 Å². The molecule has 3 N–H and O–H groups in total. The molecule has 0 aromatic heterocycles. The molecule has 2 aromatic rings. The van der Waals surface area contributed by atoms with Crippen LogP contribution in [0.1, 0.15) is 0 Å². The number of aromatic hydroxyl groups is 1. The zero-order valence-electron chi connectivity index (χ0n) is 8.51. The highest BCUT2D eigenvalue weighted by molar-refractivity contribution is 5.65. The Bertz CT molecular complexity index is 497. The van der Waals surface area contributed by atoms with E-state index in [0.29, 0.717) is 0 Å². The molecular weight excluding hydrogens is 202 g/mol. The molecule has 0 fully saturated rings. The number of hydrogen-bond donors (Lipinski definition) is 3. The molecule has 0 radical (unpaired) electrons. The molecule has 0 amide bonds. The number of phenolic OH excluding ortho intramolecular Hbond substituents is 1. The van der Waals surface area contributed by atoms with Crippen molar-refractivity contribution in [3.8, 4) is 5.75 Å². The number of rotatable bonds is 3. The molecule has 16 heavy (non-hydrogen) atoms. The van der Waals surface area contributed by atoms with Crippen LogP contribution in [0.4, 0.5) is 17.1 Å². The van der Waals surface area contributed by atoms with Crippen molar-refractivity contribution < 1.29 is 5.11 Å². The molecule has 0 unspecified atom stereocenters. The Kier molecular flexibility index (Phi) is 2.82. The Morgan fingerprint density at radius 1 is 1.00 bits per heavy atom. The van der Waals surface area contributed by atoms with Gasteiger partial charge in [0, 0.05) is 17.4 Å². The molecule has 0 aliphatic heterocycles. The first-order chi connectivity index (χ1) is 7.79. The van der Waals surface area contributed by atoms with Crippen molar-refractivity contribution in [2.24, 2.45) is 5.11 Å². The molecule has 2 aromatic carbocycles. The van der Waals surface area contributed by atoms with Crippen molar-refractivity contribution in [3.05, 3.63) is 48.5 Å². The van der Waals surface area contributed by atoms with Gasteiger partial charge in [0.25, 0.3) is 0 Å². The first-order valence-corrected chi connectivity index (χ1v) is 4.82. The van der Waals surface area contributed by atoms with Crippen LogP contribution in [0.5, 0.6) is 5.75 Å². The summed E-state index contributed by atoms with van der Waals surface area (Å²) >= 11 is 0. The van der Waals surface area contributed by atoms with Crippen molar-refractivity contribution >= 4 is 17.1 Å². The molecule has 0 aliphatic carbocycles. The summed E-state index contributed by atoms with van der Waals surface area (Å²) in [6.45, 7) is 0. The zero-order valence-corrected chi connectivity index (χ0v) is 8.51. The maximum absolute atomic E-state index is 9.52. The largest absolute Gasteiger partial charge is 0.506 e. The highest BCUT2D eigenvalue weighted by Gasteiger charge is 2.01. The van der Waals surface area contributed by atoms with Gasteiger partial charge in [0.15, 0.2) is 0 Å². The number of benzene rings is 2. The topological polar surface area (TPSA) is 68.5 Å². The van der Waals surface area contributed by atoms with Crippen LogP contribution in [0, 0.1) is 5.53 Å². The Balaban J connectivity index is 2.23. The Morgan fingerprint density at radius 3 is 2.38 bits per heavy atom. The summed E-state index contributed by atoms with van der Waals surface area (Å²) < 4.78 is 0. The fraction of sp³-hybridized carbons (Fsp3) is 0. The second-order valence-corrected chi connectivity index (χ2v) is 3.31. The number of nitrogens with one attached hydrogen (secondary N) is 2. The van der Waals surface area contributed by atoms with Gasteiger partial charge in [0.2, 0.25) is 0 Å². The summed E-state index contributed by atoms with van der Waals surface area (Å²) in [6.07, 6.45) is 0. The van der Waals surface area contributed by atoms with E-state index in [0.717, 1.165) is 11.4 Å². The number of nitrogens with zero attached hydrogens (tertiary/aromatic N) is 1. The molecule has 0 saturated carbocycles. The third kappa shape index (κ3) is 2.17. The van der Waals surface area contributed by atoms with E-state index < -0.39 is 0 Å². The maximum atomic E-state index is 9.52. The fourth-order valence-corrected chi connectivity index (χ4v) is 1.38.